The summed E-state index contributed by atoms with van der Waals surface area (Å²) in [5, 5.41) is 0. The van der Waals surface area contributed by atoms with Crippen LogP contribution >= 0.6 is 15.9 Å². The van der Waals surface area contributed by atoms with Gasteiger partial charge in [0.15, 0.2) is 0 Å². The van der Waals surface area contributed by atoms with Gasteiger partial charge in [0.2, 0.25) is 0 Å². The summed E-state index contributed by atoms with van der Waals surface area (Å²) in [4.78, 5) is -0.316. The second-order valence-electron chi connectivity index (χ2n) is 3.80. The van der Waals surface area contributed by atoms with Crippen molar-refractivity contribution < 1.29 is 13.5 Å². The maximum Gasteiger partial charge on any atom is 0.130 e. The zero-order valence-corrected chi connectivity index (χ0v) is 11.2. The van der Waals surface area contributed by atoms with Gasteiger partial charge in [-0.05, 0) is 23.8 Å². The quantitative estimate of drug-likeness (QED) is 0.760. The zero-order chi connectivity index (χ0) is 13.1. The molecular weight excluding hydrogens is 302 g/mol. The van der Waals surface area contributed by atoms with Crippen molar-refractivity contribution in [2.75, 3.05) is 7.11 Å². The van der Waals surface area contributed by atoms with Crippen molar-refractivity contribution in [1.29, 1.82) is 0 Å². The van der Waals surface area contributed by atoms with Crippen LogP contribution in [-0.4, -0.2) is 7.11 Å². The van der Waals surface area contributed by atoms with E-state index >= 15 is 0 Å². The van der Waals surface area contributed by atoms with E-state index in [0.29, 0.717) is 5.56 Å². The molecule has 4 heteroatoms. The summed E-state index contributed by atoms with van der Waals surface area (Å²) in [5.41, 5.74) is 1.28. The SMILES string of the molecule is COc1ccc(C(Br)c2ccc(F)cc2F)cc1. The van der Waals surface area contributed by atoms with Gasteiger partial charge >= 0.3 is 0 Å². The molecule has 2 rings (SSSR count). The molecular formula is C14H11BrF2O. The average molecular weight is 313 g/mol. The van der Waals surface area contributed by atoms with E-state index in [0.717, 1.165) is 17.4 Å². The molecule has 1 atom stereocenters. The molecule has 0 saturated heterocycles. The molecule has 0 amide bonds. The molecule has 0 radical (unpaired) electrons. The molecule has 2 aromatic carbocycles. The van der Waals surface area contributed by atoms with E-state index in [1.165, 1.54) is 12.1 Å². The molecule has 1 unspecified atom stereocenters. The number of ether oxygens (including phenoxy) is 1. The third-order valence-electron chi connectivity index (χ3n) is 2.64. The Bertz CT molecular complexity index is 540. The first kappa shape index (κ1) is 13.0. The van der Waals surface area contributed by atoms with Crippen LogP contribution in [0.15, 0.2) is 42.5 Å². The minimum atomic E-state index is -0.578. The summed E-state index contributed by atoms with van der Waals surface area (Å²) in [6.45, 7) is 0. The number of methoxy groups -OCH3 is 1. The Morgan fingerprint density at radius 1 is 1.06 bits per heavy atom. The lowest BCUT2D eigenvalue weighted by Gasteiger charge is -2.12. The van der Waals surface area contributed by atoms with Gasteiger partial charge in [-0.1, -0.05) is 34.1 Å². The third kappa shape index (κ3) is 2.70. The van der Waals surface area contributed by atoms with Gasteiger partial charge in [0.05, 0.1) is 11.9 Å². The van der Waals surface area contributed by atoms with Crippen molar-refractivity contribution in [2.45, 2.75) is 4.83 Å². The van der Waals surface area contributed by atoms with E-state index in [9.17, 15) is 8.78 Å². The van der Waals surface area contributed by atoms with Crippen molar-refractivity contribution in [2.24, 2.45) is 0 Å². The fourth-order valence-corrected chi connectivity index (χ4v) is 2.34. The van der Waals surface area contributed by atoms with E-state index in [1.807, 2.05) is 12.1 Å². The van der Waals surface area contributed by atoms with Crippen LogP contribution in [0, 0.1) is 11.6 Å². The van der Waals surface area contributed by atoms with Crippen LogP contribution in [0.1, 0.15) is 16.0 Å². The van der Waals surface area contributed by atoms with Gasteiger partial charge < -0.3 is 4.74 Å². The summed E-state index contributed by atoms with van der Waals surface area (Å²) in [7, 11) is 1.58. The largest absolute Gasteiger partial charge is 0.497 e. The molecule has 0 saturated carbocycles. The summed E-state index contributed by atoms with van der Waals surface area (Å²) in [6, 6.07) is 10.8. The molecule has 0 bridgehead atoms. The van der Waals surface area contributed by atoms with E-state index < -0.39 is 11.6 Å². The highest BCUT2D eigenvalue weighted by Crippen LogP contribution is 2.33. The highest BCUT2D eigenvalue weighted by atomic mass is 79.9. The smallest absolute Gasteiger partial charge is 0.130 e. The van der Waals surface area contributed by atoms with Crippen molar-refractivity contribution in [1.82, 2.24) is 0 Å². The first-order valence-electron chi connectivity index (χ1n) is 5.35. The fourth-order valence-electron chi connectivity index (χ4n) is 1.66. The third-order valence-corrected chi connectivity index (χ3v) is 3.67. The number of benzene rings is 2. The van der Waals surface area contributed by atoms with Crippen molar-refractivity contribution in [3.63, 3.8) is 0 Å². The fraction of sp³-hybridized carbons (Fsp3) is 0.143. The standard InChI is InChI=1S/C14H11BrF2O/c1-18-11-5-2-9(3-6-11)14(15)12-7-4-10(16)8-13(12)17/h2-8,14H,1H3. The first-order valence-corrected chi connectivity index (χ1v) is 6.26. The van der Waals surface area contributed by atoms with Crippen molar-refractivity contribution in [3.05, 3.63) is 65.2 Å². The summed E-state index contributed by atoms with van der Waals surface area (Å²) >= 11 is 3.41. The lowest BCUT2D eigenvalue weighted by atomic mass is 10.0. The lowest BCUT2D eigenvalue weighted by Crippen LogP contribution is -1.97. The number of hydrogen-bond donors (Lipinski definition) is 0. The van der Waals surface area contributed by atoms with Crippen LogP contribution in [0.2, 0.25) is 0 Å². The molecule has 1 nitrogen and oxygen atoms in total. The van der Waals surface area contributed by atoms with Gasteiger partial charge in [-0.25, -0.2) is 8.78 Å². The second-order valence-corrected chi connectivity index (χ2v) is 4.72. The molecule has 0 aliphatic heterocycles. The maximum atomic E-state index is 13.6. The molecule has 0 aliphatic rings. The predicted molar refractivity (Wildman–Crippen MR) is 70.1 cm³/mol. The van der Waals surface area contributed by atoms with Crippen LogP contribution in [-0.2, 0) is 0 Å². The maximum absolute atomic E-state index is 13.6. The van der Waals surface area contributed by atoms with E-state index in [2.05, 4.69) is 15.9 Å². The normalized spacial score (nSPS) is 12.2. The molecule has 0 fully saturated rings. The Morgan fingerprint density at radius 2 is 1.72 bits per heavy atom. The van der Waals surface area contributed by atoms with Gasteiger partial charge in [-0.3, -0.25) is 0 Å². The Hall–Kier alpha value is -1.42. The lowest BCUT2D eigenvalue weighted by molar-refractivity contribution is 0.414. The number of rotatable bonds is 3. The molecule has 18 heavy (non-hydrogen) atoms. The van der Waals surface area contributed by atoms with Gasteiger partial charge in [0.1, 0.15) is 17.4 Å². The Kier molecular flexibility index (Phi) is 3.97. The molecule has 0 spiro atoms. The minimum absolute atomic E-state index is 0.316. The topological polar surface area (TPSA) is 9.23 Å². The molecule has 0 aliphatic carbocycles. The van der Waals surface area contributed by atoms with Gasteiger partial charge in [0, 0.05) is 11.6 Å². The van der Waals surface area contributed by atoms with E-state index in [4.69, 9.17) is 4.74 Å². The van der Waals surface area contributed by atoms with Crippen molar-refractivity contribution >= 4 is 15.9 Å². The Balaban J connectivity index is 2.31. The Labute approximate surface area is 113 Å². The second kappa shape index (κ2) is 5.48. The van der Waals surface area contributed by atoms with Crippen LogP contribution in [0.5, 0.6) is 5.75 Å². The minimum Gasteiger partial charge on any atom is -0.497 e. The summed E-state index contributed by atoms with van der Waals surface area (Å²) < 4.78 is 31.5. The van der Waals surface area contributed by atoms with Gasteiger partial charge in [-0.15, -0.1) is 0 Å². The first-order chi connectivity index (χ1) is 8.61. The highest BCUT2D eigenvalue weighted by molar-refractivity contribution is 9.09. The Morgan fingerprint density at radius 3 is 2.28 bits per heavy atom. The molecule has 0 N–H and O–H groups in total. The van der Waals surface area contributed by atoms with Crippen LogP contribution in [0.4, 0.5) is 8.78 Å². The molecule has 94 valence electrons. The molecule has 0 aromatic heterocycles. The summed E-state index contributed by atoms with van der Waals surface area (Å²) in [5.74, 6) is -0.406. The number of alkyl halides is 1. The molecule has 2 aromatic rings. The highest BCUT2D eigenvalue weighted by Gasteiger charge is 2.15. The van der Waals surface area contributed by atoms with E-state index in [-0.39, 0.29) is 4.83 Å². The zero-order valence-electron chi connectivity index (χ0n) is 9.66. The van der Waals surface area contributed by atoms with Gasteiger partial charge in [0.25, 0.3) is 0 Å². The van der Waals surface area contributed by atoms with Crippen LogP contribution < -0.4 is 4.74 Å². The van der Waals surface area contributed by atoms with E-state index in [1.54, 1.807) is 19.2 Å². The summed E-state index contributed by atoms with van der Waals surface area (Å²) in [6.07, 6.45) is 0. The van der Waals surface area contributed by atoms with Crippen LogP contribution in [0.3, 0.4) is 0 Å². The average Bonchev–Trinajstić information content (AvgIpc) is 2.38. The predicted octanol–water partition coefficient (Wildman–Crippen LogP) is 4.46. The monoisotopic (exact) mass is 312 g/mol. The number of hydrogen-bond acceptors (Lipinski definition) is 1. The van der Waals surface area contributed by atoms with Crippen molar-refractivity contribution in [3.8, 4) is 5.75 Å². The molecule has 0 heterocycles. The van der Waals surface area contributed by atoms with Crippen LogP contribution in [0.25, 0.3) is 0 Å². The van der Waals surface area contributed by atoms with Gasteiger partial charge in [-0.2, -0.15) is 0 Å². The number of halogens is 3.